The second kappa shape index (κ2) is 6.36. The van der Waals surface area contributed by atoms with Gasteiger partial charge in [-0.05, 0) is 60.4 Å². The molecule has 0 saturated carbocycles. The van der Waals surface area contributed by atoms with Gasteiger partial charge in [-0.15, -0.1) is 0 Å². The minimum absolute atomic E-state index is 0.00456. The fourth-order valence-electron chi connectivity index (χ4n) is 2.36. The molecule has 0 aromatic rings. The third-order valence-electron chi connectivity index (χ3n) is 3.92. The maximum Gasteiger partial charge on any atom is 0.0634 e. The molecule has 1 atom stereocenters. The molecular formula is C15H32N2O. The van der Waals surface area contributed by atoms with E-state index < -0.39 is 0 Å². The van der Waals surface area contributed by atoms with Crippen molar-refractivity contribution in [1.29, 1.82) is 0 Å². The molecule has 108 valence electrons. The van der Waals surface area contributed by atoms with E-state index >= 15 is 0 Å². The summed E-state index contributed by atoms with van der Waals surface area (Å²) in [5.74, 6) is 0. The van der Waals surface area contributed by atoms with Crippen LogP contribution in [0.3, 0.4) is 0 Å². The first-order chi connectivity index (χ1) is 8.23. The molecule has 1 N–H and O–H groups in total. The number of nitrogens with zero attached hydrogens (tertiary/aromatic N) is 1. The molecule has 1 unspecified atom stereocenters. The van der Waals surface area contributed by atoms with Crippen LogP contribution < -0.4 is 5.32 Å². The van der Waals surface area contributed by atoms with Gasteiger partial charge in [0.1, 0.15) is 0 Å². The van der Waals surface area contributed by atoms with Crippen molar-refractivity contribution in [3.05, 3.63) is 0 Å². The third kappa shape index (κ3) is 5.68. The Labute approximate surface area is 113 Å². The molecule has 0 radical (unpaired) electrons. The van der Waals surface area contributed by atoms with Gasteiger partial charge >= 0.3 is 0 Å². The lowest BCUT2D eigenvalue weighted by molar-refractivity contribution is 0.00637. The van der Waals surface area contributed by atoms with Crippen molar-refractivity contribution in [3.63, 3.8) is 0 Å². The molecule has 3 heteroatoms. The average molecular weight is 256 g/mol. The summed E-state index contributed by atoms with van der Waals surface area (Å²) < 4.78 is 5.50. The normalized spacial score (nSPS) is 22.7. The molecular weight excluding hydrogens is 224 g/mol. The van der Waals surface area contributed by atoms with Crippen LogP contribution in [0.25, 0.3) is 0 Å². The lowest BCUT2D eigenvalue weighted by Crippen LogP contribution is -2.46. The highest BCUT2D eigenvalue weighted by Crippen LogP contribution is 2.21. The number of hydrogen-bond acceptors (Lipinski definition) is 3. The second-order valence-electron chi connectivity index (χ2n) is 7.18. The molecule has 0 aliphatic carbocycles. The van der Waals surface area contributed by atoms with E-state index in [2.05, 4.69) is 44.8 Å². The van der Waals surface area contributed by atoms with E-state index in [0.717, 1.165) is 19.5 Å². The zero-order chi connectivity index (χ0) is 13.8. The van der Waals surface area contributed by atoms with Gasteiger partial charge in [-0.25, -0.2) is 0 Å². The van der Waals surface area contributed by atoms with E-state index in [-0.39, 0.29) is 11.1 Å². The molecule has 0 amide bonds. The Kier molecular flexibility index (Phi) is 5.63. The van der Waals surface area contributed by atoms with Crippen molar-refractivity contribution in [2.24, 2.45) is 0 Å². The lowest BCUT2D eigenvalue weighted by Gasteiger charge is -2.31. The van der Waals surface area contributed by atoms with Crippen molar-refractivity contribution in [2.45, 2.75) is 71.1 Å². The fourth-order valence-corrected chi connectivity index (χ4v) is 2.36. The van der Waals surface area contributed by atoms with Crippen molar-refractivity contribution in [1.82, 2.24) is 10.2 Å². The van der Waals surface area contributed by atoms with Gasteiger partial charge in [0.15, 0.2) is 0 Å². The maximum absolute atomic E-state index is 5.50. The summed E-state index contributed by atoms with van der Waals surface area (Å²) >= 11 is 0. The van der Waals surface area contributed by atoms with Crippen LogP contribution >= 0.6 is 0 Å². The summed E-state index contributed by atoms with van der Waals surface area (Å²) in [5, 5.41) is 3.63. The molecule has 1 aliphatic heterocycles. The van der Waals surface area contributed by atoms with Crippen LogP contribution in [0.2, 0.25) is 0 Å². The standard InChI is InChI=1S/C15H32N2O/c1-14(2,3)16-12-13-8-7-10-17(13)11-9-15(4,5)18-6/h13,16H,7-12H2,1-6H3. The molecule has 1 heterocycles. The Morgan fingerprint density at radius 2 is 1.89 bits per heavy atom. The second-order valence-corrected chi connectivity index (χ2v) is 7.18. The minimum Gasteiger partial charge on any atom is -0.379 e. The monoisotopic (exact) mass is 256 g/mol. The Bertz CT molecular complexity index is 245. The first kappa shape index (κ1) is 15.9. The van der Waals surface area contributed by atoms with Crippen LogP contribution in [0.5, 0.6) is 0 Å². The fraction of sp³-hybridized carbons (Fsp3) is 1.00. The Morgan fingerprint density at radius 3 is 2.44 bits per heavy atom. The highest BCUT2D eigenvalue weighted by Gasteiger charge is 2.27. The maximum atomic E-state index is 5.50. The molecule has 3 nitrogen and oxygen atoms in total. The van der Waals surface area contributed by atoms with E-state index in [1.165, 1.54) is 19.4 Å². The Balaban J connectivity index is 2.36. The number of hydrogen-bond donors (Lipinski definition) is 1. The largest absolute Gasteiger partial charge is 0.379 e. The highest BCUT2D eigenvalue weighted by molar-refractivity contribution is 4.85. The van der Waals surface area contributed by atoms with Gasteiger partial charge in [-0.1, -0.05) is 0 Å². The first-order valence-corrected chi connectivity index (χ1v) is 7.28. The topological polar surface area (TPSA) is 24.5 Å². The summed E-state index contributed by atoms with van der Waals surface area (Å²) in [6.07, 6.45) is 3.77. The van der Waals surface area contributed by atoms with Gasteiger partial charge in [0.2, 0.25) is 0 Å². The van der Waals surface area contributed by atoms with E-state index in [0.29, 0.717) is 6.04 Å². The molecule has 0 spiro atoms. The van der Waals surface area contributed by atoms with Gasteiger partial charge < -0.3 is 10.1 Å². The zero-order valence-corrected chi connectivity index (χ0v) is 13.2. The third-order valence-corrected chi connectivity index (χ3v) is 3.92. The number of methoxy groups -OCH3 is 1. The summed E-state index contributed by atoms with van der Waals surface area (Å²) in [6, 6.07) is 0.705. The summed E-state index contributed by atoms with van der Waals surface area (Å²) in [5.41, 5.74) is 0.227. The molecule has 1 aliphatic rings. The van der Waals surface area contributed by atoms with Crippen molar-refractivity contribution < 1.29 is 4.74 Å². The summed E-state index contributed by atoms with van der Waals surface area (Å²) in [4.78, 5) is 2.62. The van der Waals surface area contributed by atoms with Crippen LogP contribution in [0.1, 0.15) is 53.9 Å². The van der Waals surface area contributed by atoms with Crippen LogP contribution in [-0.4, -0.2) is 48.8 Å². The predicted molar refractivity (Wildman–Crippen MR) is 78.1 cm³/mol. The number of rotatable bonds is 6. The van der Waals surface area contributed by atoms with Gasteiger partial charge in [0.25, 0.3) is 0 Å². The smallest absolute Gasteiger partial charge is 0.0634 e. The zero-order valence-electron chi connectivity index (χ0n) is 13.2. The van der Waals surface area contributed by atoms with Crippen molar-refractivity contribution >= 4 is 0 Å². The van der Waals surface area contributed by atoms with Crippen LogP contribution in [0, 0.1) is 0 Å². The van der Waals surface area contributed by atoms with Crippen LogP contribution in [0.15, 0.2) is 0 Å². The van der Waals surface area contributed by atoms with Crippen LogP contribution in [-0.2, 0) is 4.74 Å². The van der Waals surface area contributed by atoms with Gasteiger partial charge in [0.05, 0.1) is 5.60 Å². The van der Waals surface area contributed by atoms with Gasteiger partial charge in [0, 0.05) is 31.8 Å². The molecule has 1 saturated heterocycles. The molecule has 18 heavy (non-hydrogen) atoms. The molecule has 1 fully saturated rings. The lowest BCUT2D eigenvalue weighted by atomic mass is 10.0. The first-order valence-electron chi connectivity index (χ1n) is 7.28. The quantitative estimate of drug-likeness (QED) is 0.791. The summed E-state index contributed by atoms with van der Waals surface area (Å²) in [7, 11) is 1.81. The van der Waals surface area contributed by atoms with E-state index in [4.69, 9.17) is 4.74 Å². The molecule has 0 aromatic heterocycles. The van der Waals surface area contributed by atoms with E-state index in [1.54, 1.807) is 0 Å². The molecule has 1 rings (SSSR count). The minimum atomic E-state index is 0.00456. The number of nitrogens with one attached hydrogen (secondary N) is 1. The van der Waals surface area contributed by atoms with Gasteiger partial charge in [-0.3, -0.25) is 4.90 Å². The van der Waals surface area contributed by atoms with E-state index in [9.17, 15) is 0 Å². The predicted octanol–water partition coefficient (Wildman–Crippen LogP) is 2.65. The Hall–Kier alpha value is -0.120. The molecule has 0 aromatic carbocycles. The number of likely N-dealkylation sites (tertiary alicyclic amines) is 1. The number of ether oxygens (including phenoxy) is 1. The molecule has 0 bridgehead atoms. The van der Waals surface area contributed by atoms with Crippen molar-refractivity contribution in [3.8, 4) is 0 Å². The van der Waals surface area contributed by atoms with Crippen molar-refractivity contribution in [2.75, 3.05) is 26.7 Å². The summed E-state index contributed by atoms with van der Waals surface area (Å²) in [6.45, 7) is 14.6. The average Bonchev–Trinajstić information content (AvgIpc) is 2.70. The Morgan fingerprint density at radius 1 is 1.22 bits per heavy atom. The van der Waals surface area contributed by atoms with Crippen LogP contribution in [0.4, 0.5) is 0 Å². The highest BCUT2D eigenvalue weighted by atomic mass is 16.5. The SMILES string of the molecule is COC(C)(C)CCN1CCCC1CNC(C)(C)C. The van der Waals surface area contributed by atoms with E-state index in [1.807, 2.05) is 7.11 Å². The van der Waals surface area contributed by atoms with Gasteiger partial charge in [-0.2, -0.15) is 0 Å².